The SMILES string of the molecule is COc1ccc(S(=O)c2ccccn2)c(-c2ccc(F)cc2)c1. The van der Waals surface area contributed by atoms with Crippen LogP contribution in [0.15, 0.2) is 76.8 Å². The molecule has 5 heteroatoms. The number of ether oxygens (including phenoxy) is 1. The van der Waals surface area contributed by atoms with Crippen LogP contribution < -0.4 is 4.74 Å². The van der Waals surface area contributed by atoms with E-state index < -0.39 is 10.8 Å². The maximum absolute atomic E-state index is 13.2. The van der Waals surface area contributed by atoms with Crippen molar-refractivity contribution < 1.29 is 13.3 Å². The molecule has 23 heavy (non-hydrogen) atoms. The lowest BCUT2D eigenvalue weighted by atomic mass is 10.1. The van der Waals surface area contributed by atoms with Gasteiger partial charge in [-0.1, -0.05) is 18.2 Å². The van der Waals surface area contributed by atoms with Gasteiger partial charge in [0.15, 0.2) is 0 Å². The van der Waals surface area contributed by atoms with Gasteiger partial charge in [0.05, 0.1) is 12.0 Å². The van der Waals surface area contributed by atoms with E-state index in [0.717, 1.165) is 11.1 Å². The van der Waals surface area contributed by atoms with Crippen molar-refractivity contribution in [3.8, 4) is 16.9 Å². The molecule has 1 atom stereocenters. The highest BCUT2D eigenvalue weighted by atomic mass is 32.2. The number of aromatic nitrogens is 1. The van der Waals surface area contributed by atoms with Crippen LogP contribution in [0.3, 0.4) is 0 Å². The molecule has 0 aliphatic carbocycles. The molecule has 3 aromatic rings. The zero-order valence-electron chi connectivity index (χ0n) is 12.4. The minimum Gasteiger partial charge on any atom is -0.497 e. The largest absolute Gasteiger partial charge is 0.497 e. The van der Waals surface area contributed by atoms with E-state index in [1.807, 2.05) is 0 Å². The second-order valence-corrected chi connectivity index (χ2v) is 6.20. The fourth-order valence-corrected chi connectivity index (χ4v) is 3.37. The van der Waals surface area contributed by atoms with Crippen LogP contribution in [0.25, 0.3) is 11.1 Å². The number of methoxy groups -OCH3 is 1. The molecule has 0 bridgehead atoms. The Labute approximate surface area is 136 Å². The van der Waals surface area contributed by atoms with Crippen molar-refractivity contribution in [3.05, 3.63) is 72.7 Å². The van der Waals surface area contributed by atoms with Crippen molar-refractivity contribution in [1.29, 1.82) is 0 Å². The highest BCUT2D eigenvalue weighted by Crippen LogP contribution is 2.32. The van der Waals surface area contributed by atoms with E-state index in [2.05, 4.69) is 4.98 Å². The van der Waals surface area contributed by atoms with Crippen LogP contribution in [0.2, 0.25) is 0 Å². The van der Waals surface area contributed by atoms with Gasteiger partial charge < -0.3 is 4.74 Å². The maximum atomic E-state index is 13.2. The van der Waals surface area contributed by atoms with Gasteiger partial charge in [0.25, 0.3) is 0 Å². The van der Waals surface area contributed by atoms with E-state index in [1.54, 1.807) is 61.8 Å². The smallest absolute Gasteiger partial charge is 0.132 e. The van der Waals surface area contributed by atoms with Crippen LogP contribution in [0.1, 0.15) is 0 Å². The highest BCUT2D eigenvalue weighted by Gasteiger charge is 2.15. The maximum Gasteiger partial charge on any atom is 0.132 e. The summed E-state index contributed by atoms with van der Waals surface area (Å²) in [6.45, 7) is 0. The van der Waals surface area contributed by atoms with Gasteiger partial charge in [0.1, 0.15) is 27.4 Å². The lowest BCUT2D eigenvalue weighted by Gasteiger charge is -2.11. The van der Waals surface area contributed by atoms with Crippen LogP contribution in [0.5, 0.6) is 5.75 Å². The van der Waals surface area contributed by atoms with Crippen LogP contribution in [-0.2, 0) is 10.8 Å². The van der Waals surface area contributed by atoms with Crippen molar-refractivity contribution in [2.75, 3.05) is 7.11 Å². The summed E-state index contributed by atoms with van der Waals surface area (Å²) in [5, 5.41) is 0.473. The normalized spacial score (nSPS) is 11.9. The Morgan fingerprint density at radius 2 is 1.83 bits per heavy atom. The molecule has 1 heterocycles. The molecule has 0 radical (unpaired) electrons. The van der Waals surface area contributed by atoms with Gasteiger partial charge in [-0.15, -0.1) is 0 Å². The predicted octanol–water partition coefficient (Wildman–Crippen LogP) is 4.06. The van der Waals surface area contributed by atoms with Gasteiger partial charge in [-0.25, -0.2) is 13.6 Å². The van der Waals surface area contributed by atoms with Crippen molar-refractivity contribution in [2.24, 2.45) is 0 Å². The molecule has 1 unspecified atom stereocenters. The van der Waals surface area contributed by atoms with Crippen LogP contribution in [0, 0.1) is 5.82 Å². The molecule has 0 amide bonds. The lowest BCUT2D eigenvalue weighted by Crippen LogP contribution is -1.99. The first-order valence-electron chi connectivity index (χ1n) is 6.96. The zero-order chi connectivity index (χ0) is 16.2. The molecular formula is C18H14FNO2S. The Bertz CT molecular complexity index is 835. The molecule has 0 fully saturated rings. The number of nitrogens with zero attached hydrogens (tertiary/aromatic N) is 1. The van der Waals surface area contributed by atoms with Gasteiger partial charge in [-0.2, -0.15) is 0 Å². The summed E-state index contributed by atoms with van der Waals surface area (Å²) < 4.78 is 31.3. The third-order valence-corrected chi connectivity index (χ3v) is 4.75. The summed E-state index contributed by atoms with van der Waals surface area (Å²) in [7, 11) is 0.134. The Hall–Kier alpha value is -2.53. The highest BCUT2D eigenvalue weighted by molar-refractivity contribution is 7.85. The first-order valence-corrected chi connectivity index (χ1v) is 8.11. The van der Waals surface area contributed by atoms with Crippen LogP contribution in [0.4, 0.5) is 4.39 Å². The number of halogens is 1. The van der Waals surface area contributed by atoms with Crippen molar-refractivity contribution in [1.82, 2.24) is 4.98 Å². The number of hydrogen-bond donors (Lipinski definition) is 0. The minimum absolute atomic E-state index is 0.316. The molecule has 3 rings (SSSR count). The third-order valence-electron chi connectivity index (χ3n) is 3.37. The van der Waals surface area contributed by atoms with Crippen LogP contribution in [-0.4, -0.2) is 16.3 Å². The molecule has 0 N–H and O–H groups in total. The molecule has 116 valence electrons. The summed E-state index contributed by atoms with van der Waals surface area (Å²) in [6.07, 6.45) is 1.61. The molecule has 0 aliphatic heterocycles. The zero-order valence-corrected chi connectivity index (χ0v) is 13.2. The van der Waals surface area contributed by atoms with E-state index in [-0.39, 0.29) is 5.82 Å². The fraction of sp³-hybridized carbons (Fsp3) is 0.0556. The average molecular weight is 327 g/mol. The molecular weight excluding hydrogens is 313 g/mol. The van der Waals surface area contributed by atoms with Gasteiger partial charge >= 0.3 is 0 Å². The summed E-state index contributed by atoms with van der Waals surface area (Å²) in [5.41, 5.74) is 1.50. The molecule has 0 spiro atoms. The second-order valence-electron chi connectivity index (χ2n) is 4.81. The Balaban J connectivity index is 2.13. The number of hydrogen-bond acceptors (Lipinski definition) is 3. The fourth-order valence-electron chi connectivity index (χ4n) is 2.22. The summed E-state index contributed by atoms with van der Waals surface area (Å²) >= 11 is 0. The van der Waals surface area contributed by atoms with Gasteiger partial charge in [0.2, 0.25) is 0 Å². The van der Waals surface area contributed by atoms with Gasteiger partial charge in [-0.3, -0.25) is 0 Å². The molecule has 1 aromatic heterocycles. The van der Waals surface area contributed by atoms with E-state index in [4.69, 9.17) is 4.74 Å². The molecule has 2 aromatic carbocycles. The third kappa shape index (κ3) is 3.29. The van der Waals surface area contributed by atoms with E-state index >= 15 is 0 Å². The monoisotopic (exact) mass is 327 g/mol. The molecule has 0 saturated heterocycles. The first kappa shape index (κ1) is 15.4. The quantitative estimate of drug-likeness (QED) is 0.725. The standard InChI is InChI=1S/C18H14FNO2S/c1-22-15-9-10-17(23(21)18-4-2-3-11-20-18)16(12-15)13-5-7-14(19)8-6-13/h2-12H,1H3. The first-order chi connectivity index (χ1) is 11.2. The number of benzene rings is 2. The predicted molar refractivity (Wildman–Crippen MR) is 87.3 cm³/mol. The second kappa shape index (κ2) is 6.71. The average Bonchev–Trinajstić information content (AvgIpc) is 2.62. The molecule has 3 nitrogen and oxygen atoms in total. The number of rotatable bonds is 4. The van der Waals surface area contributed by atoms with Crippen molar-refractivity contribution >= 4 is 10.8 Å². The van der Waals surface area contributed by atoms with Gasteiger partial charge in [0, 0.05) is 11.8 Å². The summed E-state index contributed by atoms with van der Waals surface area (Å²) in [4.78, 5) is 4.76. The Kier molecular flexibility index (Phi) is 4.48. The topological polar surface area (TPSA) is 39.2 Å². The van der Waals surface area contributed by atoms with Gasteiger partial charge in [-0.05, 0) is 48.0 Å². The molecule has 0 aliphatic rings. The summed E-state index contributed by atoms with van der Waals surface area (Å²) in [6, 6.07) is 16.7. The minimum atomic E-state index is -1.43. The Morgan fingerprint density at radius 1 is 1.04 bits per heavy atom. The van der Waals surface area contributed by atoms with E-state index in [1.165, 1.54) is 12.1 Å². The molecule has 0 saturated carbocycles. The van der Waals surface area contributed by atoms with E-state index in [0.29, 0.717) is 15.7 Å². The number of pyridine rings is 1. The Morgan fingerprint density at radius 3 is 2.48 bits per heavy atom. The lowest BCUT2D eigenvalue weighted by molar-refractivity contribution is 0.414. The summed E-state index contributed by atoms with van der Waals surface area (Å²) in [5.74, 6) is 0.329. The van der Waals surface area contributed by atoms with Crippen molar-refractivity contribution in [3.63, 3.8) is 0 Å². The van der Waals surface area contributed by atoms with Crippen LogP contribution >= 0.6 is 0 Å². The van der Waals surface area contributed by atoms with Crippen molar-refractivity contribution in [2.45, 2.75) is 9.92 Å². The van der Waals surface area contributed by atoms with E-state index in [9.17, 15) is 8.60 Å².